The van der Waals surface area contributed by atoms with Gasteiger partial charge >= 0.3 is 0 Å². The first kappa shape index (κ1) is 11.0. The molecule has 0 spiro atoms. The largest absolute Gasteiger partial charge is 0.389 e. The monoisotopic (exact) mass is 229 g/mol. The number of hydrogen-bond donors (Lipinski definition) is 1. The molecule has 0 aliphatic rings. The molecule has 0 radical (unpaired) electrons. The fraction of sp³-hybridized carbons (Fsp3) is 0.154. The van der Waals surface area contributed by atoms with Crippen molar-refractivity contribution in [1.29, 1.82) is 0 Å². The Bertz CT molecular complexity index is 418. The lowest BCUT2D eigenvalue weighted by atomic mass is 10.1. The van der Waals surface area contributed by atoms with Crippen LogP contribution in [0.3, 0.4) is 0 Å². The molecule has 0 fully saturated rings. The molecular weight excluding hydrogens is 214 g/mol. The predicted molar refractivity (Wildman–Crippen MR) is 68.6 cm³/mol. The first-order chi connectivity index (χ1) is 7.86. The molecule has 1 N–H and O–H groups in total. The molecule has 16 heavy (non-hydrogen) atoms. The van der Waals surface area contributed by atoms with Crippen LogP contribution in [0.25, 0.3) is 0 Å². The second-order valence-corrected chi connectivity index (χ2v) is 5.59. The smallest absolute Gasteiger partial charge is 0.0813 e. The third-order valence-corrected chi connectivity index (χ3v) is 4.35. The third-order valence-electron chi connectivity index (χ3n) is 2.58. The zero-order valence-electron chi connectivity index (χ0n) is 9.08. The average Bonchev–Trinajstić information content (AvgIpc) is 2.38. The van der Waals surface area contributed by atoms with E-state index in [9.17, 15) is 5.11 Å². The van der Waals surface area contributed by atoms with Crippen LogP contribution in [0.1, 0.15) is 11.7 Å². The number of aliphatic hydroxyl groups excluding tert-OH is 1. The van der Waals surface area contributed by atoms with Crippen LogP contribution in [0.2, 0.25) is 6.04 Å². The Balaban J connectivity index is 1.92. The van der Waals surface area contributed by atoms with Crippen LogP contribution in [-0.2, 0) is 0 Å². The van der Waals surface area contributed by atoms with Crippen molar-refractivity contribution in [2.75, 3.05) is 0 Å². The minimum atomic E-state index is -0.464. The van der Waals surface area contributed by atoms with Crippen LogP contribution < -0.4 is 5.32 Å². The highest BCUT2D eigenvalue weighted by Gasteiger charge is 2.07. The molecule has 0 aliphatic heterocycles. The summed E-state index contributed by atoms with van der Waals surface area (Å²) in [6.45, 7) is 0. The molecule has 1 aromatic heterocycles. The molecule has 1 aromatic carbocycles. The topological polar surface area (TPSA) is 33.1 Å². The SMILES string of the molecule is OC(C[SiH2]c1ccccn1)c1ccccc1. The van der Waals surface area contributed by atoms with Gasteiger partial charge in [0, 0.05) is 11.5 Å². The van der Waals surface area contributed by atoms with Gasteiger partial charge in [-0.3, -0.25) is 4.98 Å². The van der Waals surface area contributed by atoms with Crippen molar-refractivity contribution >= 4 is 14.8 Å². The van der Waals surface area contributed by atoms with E-state index in [1.807, 2.05) is 54.7 Å². The number of aliphatic hydroxyl groups is 1. The number of hydrogen-bond acceptors (Lipinski definition) is 2. The third kappa shape index (κ3) is 3.02. The molecule has 1 heterocycles. The zero-order chi connectivity index (χ0) is 11.2. The summed E-state index contributed by atoms with van der Waals surface area (Å²) in [5.74, 6) is 0. The Labute approximate surface area is 97.8 Å². The molecule has 2 nitrogen and oxygen atoms in total. The maximum atomic E-state index is 9.99. The van der Waals surface area contributed by atoms with Crippen LogP contribution >= 0.6 is 0 Å². The van der Waals surface area contributed by atoms with E-state index in [1.54, 1.807) is 0 Å². The Morgan fingerprint density at radius 1 is 1.06 bits per heavy atom. The Morgan fingerprint density at radius 2 is 1.81 bits per heavy atom. The number of aromatic nitrogens is 1. The van der Waals surface area contributed by atoms with Gasteiger partial charge in [0.1, 0.15) is 0 Å². The highest BCUT2D eigenvalue weighted by atomic mass is 28.2. The van der Waals surface area contributed by atoms with E-state index in [0.29, 0.717) is 0 Å². The van der Waals surface area contributed by atoms with Gasteiger partial charge in [-0.15, -0.1) is 0 Å². The van der Waals surface area contributed by atoms with Crippen molar-refractivity contribution < 1.29 is 5.11 Å². The summed E-state index contributed by atoms with van der Waals surface area (Å²) >= 11 is 0. The van der Waals surface area contributed by atoms with E-state index in [0.717, 1.165) is 16.9 Å². The van der Waals surface area contributed by atoms with Crippen LogP contribution in [-0.4, -0.2) is 19.6 Å². The summed E-state index contributed by atoms with van der Waals surface area (Å²) in [6.07, 6.45) is 1.48. The highest BCUT2D eigenvalue weighted by molar-refractivity contribution is 6.52. The summed E-state index contributed by atoms with van der Waals surface area (Å²) < 4.78 is 0. The highest BCUT2D eigenvalue weighted by Crippen LogP contribution is 2.15. The van der Waals surface area contributed by atoms with E-state index in [2.05, 4.69) is 4.98 Å². The molecule has 0 aliphatic carbocycles. The van der Waals surface area contributed by atoms with Crippen LogP contribution in [0.15, 0.2) is 54.7 Å². The number of rotatable bonds is 4. The second-order valence-electron chi connectivity index (χ2n) is 3.79. The fourth-order valence-electron chi connectivity index (χ4n) is 1.67. The maximum absolute atomic E-state index is 9.99. The van der Waals surface area contributed by atoms with Gasteiger partial charge in [-0.2, -0.15) is 0 Å². The first-order valence-corrected chi connectivity index (χ1v) is 7.20. The van der Waals surface area contributed by atoms with Gasteiger partial charge in [-0.1, -0.05) is 36.4 Å². The summed E-state index contributed by atoms with van der Waals surface area (Å²) in [6, 6.07) is 16.6. The lowest BCUT2D eigenvalue weighted by molar-refractivity contribution is 0.199. The molecule has 2 rings (SSSR count). The molecule has 0 bridgehead atoms. The predicted octanol–water partition coefficient (Wildman–Crippen LogP) is 1.03. The summed E-state index contributed by atoms with van der Waals surface area (Å²) in [5.41, 5.74) is 1.01. The molecule has 1 unspecified atom stereocenters. The van der Waals surface area contributed by atoms with Crippen LogP contribution in [0.5, 0.6) is 0 Å². The molecule has 0 saturated carbocycles. The van der Waals surface area contributed by atoms with Gasteiger partial charge in [-0.05, 0) is 23.7 Å². The first-order valence-electron chi connectivity index (χ1n) is 5.49. The number of benzene rings is 1. The second kappa shape index (κ2) is 5.58. The van der Waals surface area contributed by atoms with Gasteiger partial charge in [-0.25, -0.2) is 0 Å². The van der Waals surface area contributed by atoms with Crippen molar-refractivity contribution in [3.8, 4) is 0 Å². The normalized spacial score (nSPS) is 13.1. The lowest BCUT2D eigenvalue weighted by Crippen LogP contribution is -2.19. The Morgan fingerprint density at radius 3 is 2.50 bits per heavy atom. The summed E-state index contributed by atoms with van der Waals surface area (Å²) in [5, 5.41) is 11.2. The minimum absolute atomic E-state index is 0.338. The van der Waals surface area contributed by atoms with E-state index >= 15 is 0 Å². The van der Waals surface area contributed by atoms with Gasteiger partial charge in [0.15, 0.2) is 0 Å². The van der Waals surface area contributed by atoms with Crippen molar-refractivity contribution in [2.24, 2.45) is 0 Å². The molecule has 0 saturated heterocycles. The summed E-state index contributed by atoms with van der Waals surface area (Å²) in [7, 11) is -0.464. The molecule has 3 heteroatoms. The fourth-order valence-corrected chi connectivity index (χ4v) is 3.11. The molecule has 0 amide bonds. The maximum Gasteiger partial charge on any atom is 0.0813 e. The molecular formula is C13H15NOSi. The van der Waals surface area contributed by atoms with Crippen molar-refractivity contribution in [1.82, 2.24) is 4.98 Å². The standard InChI is InChI=1S/C13H15NOSi/c15-12(11-6-2-1-3-7-11)10-16-13-8-4-5-9-14-13/h1-9,12,15H,10,16H2. The molecule has 2 aromatic rings. The van der Waals surface area contributed by atoms with Crippen LogP contribution in [0, 0.1) is 0 Å². The van der Waals surface area contributed by atoms with Crippen molar-refractivity contribution in [3.63, 3.8) is 0 Å². The van der Waals surface area contributed by atoms with Crippen LogP contribution in [0.4, 0.5) is 0 Å². The van der Waals surface area contributed by atoms with E-state index in [4.69, 9.17) is 0 Å². The van der Waals surface area contributed by atoms with Gasteiger partial charge < -0.3 is 5.11 Å². The zero-order valence-corrected chi connectivity index (χ0v) is 10.5. The van der Waals surface area contributed by atoms with Gasteiger partial charge in [0.2, 0.25) is 0 Å². The Hall–Kier alpha value is -1.45. The van der Waals surface area contributed by atoms with Gasteiger partial charge in [0.05, 0.1) is 15.6 Å². The summed E-state index contributed by atoms with van der Waals surface area (Å²) in [4.78, 5) is 4.29. The van der Waals surface area contributed by atoms with Crippen molar-refractivity contribution in [2.45, 2.75) is 12.1 Å². The lowest BCUT2D eigenvalue weighted by Gasteiger charge is -2.09. The molecule has 82 valence electrons. The minimum Gasteiger partial charge on any atom is -0.389 e. The number of pyridine rings is 1. The van der Waals surface area contributed by atoms with Gasteiger partial charge in [0.25, 0.3) is 0 Å². The quantitative estimate of drug-likeness (QED) is 0.794. The number of nitrogens with zero attached hydrogens (tertiary/aromatic N) is 1. The van der Waals surface area contributed by atoms with Crippen molar-refractivity contribution in [3.05, 3.63) is 60.3 Å². The van der Waals surface area contributed by atoms with E-state index < -0.39 is 9.52 Å². The average molecular weight is 229 g/mol. The molecule has 1 atom stereocenters. The Kier molecular flexibility index (Phi) is 3.85. The van der Waals surface area contributed by atoms with E-state index in [1.165, 1.54) is 0 Å². The van der Waals surface area contributed by atoms with E-state index in [-0.39, 0.29) is 6.10 Å².